The first-order valence-corrected chi connectivity index (χ1v) is 11.7. The van der Waals surface area contributed by atoms with E-state index in [0.717, 1.165) is 28.6 Å². The highest BCUT2D eigenvalue weighted by Gasteiger charge is 2.32. The normalized spacial score (nSPS) is 14.8. The van der Waals surface area contributed by atoms with Crippen LogP contribution in [0.2, 0.25) is 5.15 Å². The molecule has 1 amide bonds. The topological polar surface area (TPSA) is 105 Å². The van der Waals surface area contributed by atoms with E-state index in [0.29, 0.717) is 31.6 Å². The van der Waals surface area contributed by atoms with E-state index in [9.17, 15) is 9.59 Å². The molecule has 0 saturated carbocycles. The lowest BCUT2D eigenvalue weighted by atomic mass is 10.1. The van der Waals surface area contributed by atoms with Gasteiger partial charge in [0.05, 0.1) is 12.2 Å². The first-order valence-electron chi connectivity index (χ1n) is 11.4. The minimum absolute atomic E-state index is 0.151. The van der Waals surface area contributed by atoms with Gasteiger partial charge in [-0.05, 0) is 42.5 Å². The number of carbonyl (C=O) groups is 1. The van der Waals surface area contributed by atoms with Crippen molar-refractivity contribution in [3.63, 3.8) is 0 Å². The summed E-state index contributed by atoms with van der Waals surface area (Å²) >= 11 is 6.41. The third kappa shape index (κ3) is 4.28. The zero-order valence-electron chi connectivity index (χ0n) is 18.8. The standard InChI is InChI=1S/C25H25ClN6O2/c1-2-15-4-3-5-16(10-15)12-28-23-25(34)32-20(22(26)31-23)6-7-21(32)24(33)29-14-18-11-17-13-27-9-8-19(17)30-18/h3-5,8-11,13,21,30H,2,6-7,12,14H2,1H3,(H,28,31)(H,29,33)/t21-/m0/s1. The van der Waals surface area contributed by atoms with Crippen molar-refractivity contribution in [3.8, 4) is 0 Å². The van der Waals surface area contributed by atoms with Gasteiger partial charge in [0.15, 0.2) is 11.0 Å². The zero-order chi connectivity index (χ0) is 23.7. The maximum atomic E-state index is 13.3. The molecular formula is C25H25ClN6O2. The second kappa shape index (κ2) is 9.30. The van der Waals surface area contributed by atoms with E-state index in [2.05, 4.69) is 44.6 Å². The van der Waals surface area contributed by atoms with Gasteiger partial charge in [0.25, 0.3) is 5.56 Å². The Morgan fingerprint density at radius 1 is 1.24 bits per heavy atom. The fourth-order valence-corrected chi connectivity index (χ4v) is 4.71. The molecule has 1 atom stereocenters. The monoisotopic (exact) mass is 476 g/mol. The summed E-state index contributed by atoms with van der Waals surface area (Å²) in [5, 5.41) is 7.29. The number of nitrogens with zero attached hydrogens (tertiary/aromatic N) is 3. The molecule has 1 aromatic carbocycles. The maximum absolute atomic E-state index is 13.3. The summed E-state index contributed by atoms with van der Waals surface area (Å²) in [5.41, 5.74) is 4.36. The largest absolute Gasteiger partial charge is 0.361 e. The first kappa shape index (κ1) is 22.2. The molecule has 1 aliphatic heterocycles. The molecule has 8 nitrogen and oxygen atoms in total. The molecule has 0 bridgehead atoms. The molecule has 0 spiro atoms. The second-order valence-electron chi connectivity index (χ2n) is 8.43. The average molecular weight is 477 g/mol. The van der Waals surface area contributed by atoms with Crippen LogP contribution in [0.5, 0.6) is 0 Å². The third-order valence-corrected chi connectivity index (χ3v) is 6.52. The van der Waals surface area contributed by atoms with Gasteiger partial charge >= 0.3 is 0 Å². The van der Waals surface area contributed by atoms with E-state index in [4.69, 9.17) is 11.6 Å². The number of aromatic amines is 1. The van der Waals surface area contributed by atoms with E-state index < -0.39 is 6.04 Å². The first-order chi connectivity index (χ1) is 16.5. The van der Waals surface area contributed by atoms with E-state index >= 15 is 0 Å². The van der Waals surface area contributed by atoms with Gasteiger partial charge in [0.2, 0.25) is 5.91 Å². The lowest BCUT2D eigenvalue weighted by Gasteiger charge is -2.16. The molecule has 0 saturated heterocycles. The van der Waals surface area contributed by atoms with Gasteiger partial charge in [-0.2, -0.15) is 0 Å². The highest BCUT2D eigenvalue weighted by molar-refractivity contribution is 6.30. The van der Waals surface area contributed by atoms with Gasteiger partial charge in [-0.15, -0.1) is 0 Å². The van der Waals surface area contributed by atoms with Crippen molar-refractivity contribution >= 4 is 34.2 Å². The van der Waals surface area contributed by atoms with Gasteiger partial charge in [-0.3, -0.25) is 19.1 Å². The lowest BCUT2D eigenvalue weighted by Crippen LogP contribution is -2.36. The molecule has 1 aliphatic rings. The second-order valence-corrected chi connectivity index (χ2v) is 8.79. The fourth-order valence-electron chi connectivity index (χ4n) is 4.44. The number of amides is 1. The Bertz CT molecular complexity index is 1390. The van der Waals surface area contributed by atoms with Crippen molar-refractivity contribution in [2.45, 2.75) is 45.3 Å². The van der Waals surface area contributed by atoms with Gasteiger partial charge in [0.1, 0.15) is 6.04 Å². The van der Waals surface area contributed by atoms with Crippen molar-refractivity contribution < 1.29 is 4.79 Å². The number of H-pyrrole nitrogens is 1. The summed E-state index contributed by atoms with van der Waals surface area (Å²) in [5.74, 6) is -0.0695. The number of aromatic nitrogens is 4. The van der Waals surface area contributed by atoms with Crippen LogP contribution in [0, 0.1) is 0 Å². The number of carbonyl (C=O) groups excluding carboxylic acids is 1. The summed E-state index contributed by atoms with van der Waals surface area (Å²) < 4.78 is 1.49. The predicted molar refractivity (Wildman–Crippen MR) is 132 cm³/mol. The van der Waals surface area contributed by atoms with Crippen LogP contribution in [0.15, 0.2) is 53.6 Å². The van der Waals surface area contributed by atoms with Crippen molar-refractivity contribution in [3.05, 3.63) is 86.8 Å². The Morgan fingerprint density at radius 2 is 2.09 bits per heavy atom. The third-order valence-electron chi connectivity index (χ3n) is 6.22. The summed E-state index contributed by atoms with van der Waals surface area (Å²) in [6, 6.07) is 11.4. The van der Waals surface area contributed by atoms with E-state index in [1.54, 1.807) is 12.4 Å². The quantitative estimate of drug-likeness (QED) is 0.377. The lowest BCUT2D eigenvalue weighted by molar-refractivity contribution is -0.124. The summed E-state index contributed by atoms with van der Waals surface area (Å²) in [7, 11) is 0. The van der Waals surface area contributed by atoms with Crippen LogP contribution in [0.3, 0.4) is 0 Å². The van der Waals surface area contributed by atoms with Crippen molar-refractivity contribution in [1.82, 2.24) is 24.8 Å². The molecular weight excluding hydrogens is 452 g/mol. The highest BCUT2D eigenvalue weighted by atomic mass is 35.5. The van der Waals surface area contributed by atoms with Crippen LogP contribution in [-0.4, -0.2) is 25.4 Å². The molecule has 34 heavy (non-hydrogen) atoms. The molecule has 4 heterocycles. The number of pyridine rings is 1. The zero-order valence-corrected chi connectivity index (χ0v) is 19.5. The van der Waals surface area contributed by atoms with E-state index in [-0.39, 0.29) is 22.4 Å². The van der Waals surface area contributed by atoms with Crippen molar-refractivity contribution in [2.24, 2.45) is 0 Å². The molecule has 3 N–H and O–H groups in total. The van der Waals surface area contributed by atoms with Crippen LogP contribution in [0.25, 0.3) is 10.9 Å². The fraction of sp³-hybridized carbons (Fsp3) is 0.280. The number of benzene rings is 1. The Balaban J connectivity index is 1.33. The number of hydrogen-bond acceptors (Lipinski definition) is 5. The molecule has 0 fully saturated rings. The molecule has 5 rings (SSSR count). The summed E-state index contributed by atoms with van der Waals surface area (Å²) in [6.07, 6.45) is 5.45. The average Bonchev–Trinajstić information content (AvgIpc) is 3.49. The highest BCUT2D eigenvalue weighted by Crippen LogP contribution is 2.29. The number of fused-ring (bicyclic) bond motifs is 2. The van der Waals surface area contributed by atoms with Crippen molar-refractivity contribution in [1.29, 1.82) is 0 Å². The smallest absolute Gasteiger partial charge is 0.294 e. The molecule has 0 radical (unpaired) electrons. The SMILES string of the molecule is CCc1cccc(CNc2nc(Cl)c3n(c2=O)[C@H](C(=O)NCc2cc4cnccc4[nH]2)CC3)c1. The Labute approximate surface area is 201 Å². The number of rotatable bonds is 7. The molecule has 174 valence electrons. The number of anilines is 1. The molecule has 4 aromatic rings. The number of aryl methyl sites for hydroxylation is 1. The van der Waals surface area contributed by atoms with Crippen LogP contribution < -0.4 is 16.2 Å². The van der Waals surface area contributed by atoms with Crippen LogP contribution in [0.1, 0.15) is 41.9 Å². The Kier molecular flexibility index (Phi) is 6.06. The predicted octanol–water partition coefficient (Wildman–Crippen LogP) is 3.75. The maximum Gasteiger partial charge on any atom is 0.294 e. The number of nitrogens with one attached hydrogen (secondary N) is 3. The van der Waals surface area contributed by atoms with Gasteiger partial charge in [-0.25, -0.2) is 4.98 Å². The van der Waals surface area contributed by atoms with E-state index in [1.807, 2.05) is 24.3 Å². The van der Waals surface area contributed by atoms with Crippen LogP contribution in [0.4, 0.5) is 5.82 Å². The number of hydrogen-bond donors (Lipinski definition) is 3. The molecule has 0 unspecified atom stereocenters. The van der Waals surface area contributed by atoms with Crippen LogP contribution >= 0.6 is 11.6 Å². The van der Waals surface area contributed by atoms with Crippen molar-refractivity contribution in [2.75, 3.05) is 5.32 Å². The molecule has 3 aromatic heterocycles. The van der Waals surface area contributed by atoms with Gasteiger partial charge < -0.3 is 15.6 Å². The minimum Gasteiger partial charge on any atom is -0.361 e. The summed E-state index contributed by atoms with van der Waals surface area (Å²) in [4.78, 5) is 38.0. The van der Waals surface area contributed by atoms with Gasteiger partial charge in [-0.1, -0.05) is 42.8 Å². The minimum atomic E-state index is -0.627. The molecule has 9 heteroatoms. The van der Waals surface area contributed by atoms with E-state index in [1.165, 1.54) is 10.1 Å². The van der Waals surface area contributed by atoms with Crippen LogP contribution in [-0.2, 0) is 30.7 Å². The Hall–Kier alpha value is -3.65. The summed E-state index contributed by atoms with van der Waals surface area (Å²) in [6.45, 7) is 2.87. The Morgan fingerprint density at radius 3 is 2.91 bits per heavy atom. The van der Waals surface area contributed by atoms with Gasteiger partial charge in [0, 0.05) is 35.5 Å². The number of halogens is 1. The molecule has 0 aliphatic carbocycles.